The lowest BCUT2D eigenvalue weighted by Crippen LogP contribution is -1.91. The Bertz CT molecular complexity index is 147. The van der Waals surface area contributed by atoms with Gasteiger partial charge in [0.2, 0.25) is 0 Å². The van der Waals surface area contributed by atoms with E-state index in [2.05, 4.69) is 17.0 Å². The van der Waals surface area contributed by atoms with Crippen molar-refractivity contribution in [3.63, 3.8) is 0 Å². The molecule has 2 heteroatoms. The Kier molecular flexibility index (Phi) is 3.19. The van der Waals surface area contributed by atoms with Crippen LogP contribution in [0, 0.1) is 0 Å². The Morgan fingerprint density at radius 1 is 1.60 bits per heavy atom. The molecule has 0 saturated heterocycles. The fourth-order valence-electron chi connectivity index (χ4n) is 1.06. The highest BCUT2D eigenvalue weighted by Gasteiger charge is 1.97. The van der Waals surface area contributed by atoms with Gasteiger partial charge in [-0.05, 0) is 19.3 Å². The summed E-state index contributed by atoms with van der Waals surface area (Å²) in [6, 6.07) is 0. The Balaban J connectivity index is 2.33. The Labute approximate surface area is 60.7 Å². The maximum atomic E-state index is 8.03. The lowest BCUT2D eigenvalue weighted by molar-refractivity contribution is -0.232. The van der Waals surface area contributed by atoms with E-state index in [1.165, 1.54) is 5.57 Å². The molecule has 0 heterocycles. The third-order valence-electron chi connectivity index (χ3n) is 1.63. The van der Waals surface area contributed by atoms with Crippen molar-refractivity contribution in [1.29, 1.82) is 0 Å². The van der Waals surface area contributed by atoms with Crippen molar-refractivity contribution >= 4 is 0 Å². The molecule has 0 bridgehead atoms. The lowest BCUT2D eigenvalue weighted by atomic mass is 10.0. The van der Waals surface area contributed by atoms with Crippen molar-refractivity contribution in [2.24, 2.45) is 0 Å². The maximum Gasteiger partial charge on any atom is 0.100 e. The monoisotopic (exact) mass is 140 g/mol. The summed E-state index contributed by atoms with van der Waals surface area (Å²) in [7, 11) is 0. The summed E-state index contributed by atoms with van der Waals surface area (Å²) >= 11 is 0. The Hall–Kier alpha value is -0.600. The average Bonchev–Trinajstić information content (AvgIpc) is 2.03. The molecule has 1 N–H and O–H groups in total. The van der Waals surface area contributed by atoms with Crippen LogP contribution in [0.4, 0.5) is 0 Å². The quantitative estimate of drug-likeness (QED) is 0.362. The van der Waals surface area contributed by atoms with Crippen LogP contribution in [0.15, 0.2) is 23.8 Å². The van der Waals surface area contributed by atoms with Gasteiger partial charge in [-0.15, -0.1) is 0 Å². The Morgan fingerprint density at radius 2 is 2.50 bits per heavy atom. The molecule has 0 aromatic heterocycles. The van der Waals surface area contributed by atoms with Crippen LogP contribution in [-0.2, 0) is 4.89 Å². The van der Waals surface area contributed by atoms with E-state index in [0.717, 1.165) is 19.3 Å². The smallest absolute Gasteiger partial charge is 0.100 e. The largest absolute Gasteiger partial charge is 0.252 e. The fourth-order valence-corrected chi connectivity index (χ4v) is 1.06. The van der Waals surface area contributed by atoms with Crippen LogP contribution in [0.25, 0.3) is 0 Å². The first-order valence-corrected chi connectivity index (χ1v) is 3.53. The molecule has 0 fully saturated rings. The normalized spacial score (nSPS) is 21.9. The van der Waals surface area contributed by atoms with E-state index in [1.807, 2.05) is 6.08 Å². The topological polar surface area (TPSA) is 29.5 Å². The van der Waals surface area contributed by atoms with Gasteiger partial charge in [0.25, 0.3) is 0 Å². The molecule has 0 unspecified atom stereocenters. The highest BCUT2D eigenvalue weighted by atomic mass is 17.1. The van der Waals surface area contributed by atoms with Crippen LogP contribution >= 0.6 is 0 Å². The van der Waals surface area contributed by atoms with Crippen LogP contribution in [0.3, 0.4) is 0 Å². The minimum atomic E-state index is 0.323. The van der Waals surface area contributed by atoms with Crippen LogP contribution < -0.4 is 0 Å². The molecule has 1 aliphatic carbocycles. The summed E-state index contributed by atoms with van der Waals surface area (Å²) < 4.78 is 0. The molecule has 1 rings (SSSR count). The Morgan fingerprint density at radius 3 is 3.10 bits per heavy atom. The molecule has 0 radical (unpaired) electrons. The summed E-state index contributed by atoms with van der Waals surface area (Å²) in [5.41, 5.74) is 1.36. The minimum absolute atomic E-state index is 0.323. The van der Waals surface area contributed by atoms with Gasteiger partial charge in [-0.2, -0.15) is 0 Å². The first-order valence-electron chi connectivity index (χ1n) is 3.53. The lowest BCUT2D eigenvalue weighted by Gasteiger charge is -2.06. The van der Waals surface area contributed by atoms with Crippen molar-refractivity contribution in [3.05, 3.63) is 23.8 Å². The van der Waals surface area contributed by atoms with E-state index in [-0.39, 0.29) is 0 Å². The zero-order valence-corrected chi connectivity index (χ0v) is 5.92. The van der Waals surface area contributed by atoms with Crippen molar-refractivity contribution in [2.75, 3.05) is 6.61 Å². The number of hydrogen-bond donors (Lipinski definition) is 1. The average molecular weight is 140 g/mol. The SMILES string of the molecule is OOC/C=C1/CC=CCC1. The third-order valence-corrected chi connectivity index (χ3v) is 1.63. The summed E-state index contributed by atoms with van der Waals surface area (Å²) in [5, 5.41) is 8.03. The van der Waals surface area contributed by atoms with Crippen LogP contribution in [0.2, 0.25) is 0 Å². The summed E-state index contributed by atoms with van der Waals surface area (Å²) in [4.78, 5) is 3.94. The summed E-state index contributed by atoms with van der Waals surface area (Å²) in [5.74, 6) is 0. The zero-order chi connectivity index (χ0) is 7.23. The predicted molar refractivity (Wildman–Crippen MR) is 39.7 cm³/mol. The summed E-state index contributed by atoms with van der Waals surface area (Å²) in [6.07, 6.45) is 9.51. The maximum absolute atomic E-state index is 8.03. The van der Waals surface area contributed by atoms with E-state index in [0.29, 0.717) is 6.61 Å². The van der Waals surface area contributed by atoms with Crippen molar-refractivity contribution in [3.8, 4) is 0 Å². The second-order valence-corrected chi connectivity index (χ2v) is 2.37. The molecule has 0 aromatic rings. The molecule has 56 valence electrons. The molecule has 0 spiro atoms. The van der Waals surface area contributed by atoms with Gasteiger partial charge in [0, 0.05) is 0 Å². The third kappa shape index (κ3) is 2.33. The first kappa shape index (κ1) is 7.51. The van der Waals surface area contributed by atoms with Gasteiger partial charge in [-0.3, -0.25) is 5.26 Å². The number of hydrogen-bond acceptors (Lipinski definition) is 2. The highest BCUT2D eigenvalue weighted by Crippen LogP contribution is 2.16. The van der Waals surface area contributed by atoms with Crippen molar-refractivity contribution < 1.29 is 10.1 Å². The van der Waals surface area contributed by atoms with Gasteiger partial charge in [0.15, 0.2) is 0 Å². The van der Waals surface area contributed by atoms with Crippen LogP contribution in [0.1, 0.15) is 19.3 Å². The van der Waals surface area contributed by atoms with E-state index >= 15 is 0 Å². The van der Waals surface area contributed by atoms with Crippen molar-refractivity contribution in [1.82, 2.24) is 0 Å². The molecule has 1 aliphatic rings. The molecular weight excluding hydrogens is 128 g/mol. The van der Waals surface area contributed by atoms with Crippen LogP contribution in [-0.4, -0.2) is 11.9 Å². The number of rotatable bonds is 2. The second kappa shape index (κ2) is 4.25. The predicted octanol–water partition coefficient (Wildman–Crippen LogP) is 2.14. The fraction of sp³-hybridized carbons (Fsp3) is 0.500. The molecule has 0 aromatic carbocycles. The van der Waals surface area contributed by atoms with Gasteiger partial charge in [0.05, 0.1) is 0 Å². The molecular formula is C8H12O2. The van der Waals surface area contributed by atoms with E-state index < -0.39 is 0 Å². The highest BCUT2D eigenvalue weighted by molar-refractivity contribution is 5.12. The second-order valence-electron chi connectivity index (χ2n) is 2.37. The van der Waals surface area contributed by atoms with Crippen LogP contribution in [0.5, 0.6) is 0 Å². The molecule has 0 atom stereocenters. The molecule has 10 heavy (non-hydrogen) atoms. The zero-order valence-electron chi connectivity index (χ0n) is 5.92. The van der Waals surface area contributed by atoms with E-state index in [4.69, 9.17) is 5.26 Å². The van der Waals surface area contributed by atoms with Gasteiger partial charge in [-0.1, -0.05) is 23.8 Å². The van der Waals surface area contributed by atoms with E-state index in [9.17, 15) is 0 Å². The standard InChI is InChI=1S/C8H12O2/c9-10-7-6-8-4-2-1-3-5-8/h1-2,6,9H,3-5,7H2/b8-6-. The number of allylic oxidation sites excluding steroid dienone is 3. The molecule has 0 amide bonds. The van der Waals surface area contributed by atoms with Gasteiger partial charge in [0.1, 0.15) is 6.61 Å². The van der Waals surface area contributed by atoms with Crippen molar-refractivity contribution in [2.45, 2.75) is 19.3 Å². The molecule has 0 saturated carbocycles. The first-order chi connectivity index (χ1) is 4.93. The van der Waals surface area contributed by atoms with Gasteiger partial charge >= 0.3 is 0 Å². The summed E-state index contributed by atoms with van der Waals surface area (Å²) in [6.45, 7) is 0.323. The molecule has 2 nitrogen and oxygen atoms in total. The molecule has 0 aliphatic heterocycles. The van der Waals surface area contributed by atoms with Gasteiger partial charge < -0.3 is 0 Å². The minimum Gasteiger partial charge on any atom is -0.252 e. The van der Waals surface area contributed by atoms with E-state index in [1.54, 1.807) is 0 Å². The van der Waals surface area contributed by atoms with Gasteiger partial charge in [-0.25, -0.2) is 4.89 Å².